The van der Waals surface area contributed by atoms with Crippen LogP contribution >= 0.6 is 0 Å². The van der Waals surface area contributed by atoms with E-state index in [1.165, 1.54) is 21.5 Å². The van der Waals surface area contributed by atoms with Gasteiger partial charge in [-0.3, -0.25) is 0 Å². The zero-order valence-electron chi connectivity index (χ0n) is 25.9. The van der Waals surface area contributed by atoms with Crippen molar-refractivity contribution < 1.29 is 0 Å². The van der Waals surface area contributed by atoms with Crippen molar-refractivity contribution in [2.75, 3.05) is 0 Å². The van der Waals surface area contributed by atoms with Crippen LogP contribution in [0.5, 0.6) is 0 Å². The Morgan fingerprint density at radius 1 is 0.383 bits per heavy atom. The molecule has 0 radical (unpaired) electrons. The molecule has 0 atom stereocenters. The van der Waals surface area contributed by atoms with E-state index in [4.69, 9.17) is 10.7 Å². The van der Waals surface area contributed by atoms with Crippen LogP contribution in [0, 0.1) is 0 Å². The Hall–Kier alpha value is -6.25. The van der Waals surface area contributed by atoms with Crippen LogP contribution < -0.4 is 5.73 Å². The summed E-state index contributed by atoms with van der Waals surface area (Å²) in [6.45, 7) is 4.66. The number of nitrogens with zero attached hydrogens (tertiary/aromatic N) is 1. The molecule has 8 aromatic rings. The van der Waals surface area contributed by atoms with Crippen molar-refractivity contribution in [1.82, 2.24) is 0 Å². The molecule has 0 spiro atoms. The molecule has 8 rings (SSSR count). The topological polar surface area (TPSA) is 38.4 Å². The minimum Gasteiger partial charge on any atom is -0.396 e. The van der Waals surface area contributed by atoms with Gasteiger partial charge in [0.25, 0.3) is 0 Å². The van der Waals surface area contributed by atoms with Crippen molar-refractivity contribution >= 4 is 65.8 Å². The first-order valence-electron chi connectivity index (χ1n) is 15.9. The van der Waals surface area contributed by atoms with E-state index in [0.29, 0.717) is 11.4 Å². The van der Waals surface area contributed by atoms with E-state index in [0.717, 1.165) is 55.1 Å². The van der Waals surface area contributed by atoms with Gasteiger partial charge in [0.2, 0.25) is 0 Å². The van der Waals surface area contributed by atoms with E-state index in [9.17, 15) is 0 Å². The molecule has 0 saturated heterocycles. The van der Waals surface area contributed by atoms with Gasteiger partial charge in [0.15, 0.2) is 0 Å². The fraction of sp³-hybridized carbons (Fsp3) is 0. The summed E-state index contributed by atoms with van der Waals surface area (Å²) in [5.74, 6) is 0. The lowest BCUT2D eigenvalue weighted by Crippen LogP contribution is -2.07. The molecular formula is C45H32N2. The third-order valence-electron chi connectivity index (χ3n) is 8.97. The fourth-order valence-corrected chi connectivity index (χ4v) is 6.38. The number of fused-ring (bicyclic) bond motifs is 4. The zero-order chi connectivity index (χ0) is 31.7. The van der Waals surface area contributed by atoms with Crippen LogP contribution in [-0.2, 0) is 0 Å². The highest BCUT2D eigenvalue weighted by Crippen LogP contribution is 2.33. The first-order valence-corrected chi connectivity index (χ1v) is 15.9. The van der Waals surface area contributed by atoms with Crippen molar-refractivity contribution in [1.29, 1.82) is 0 Å². The van der Waals surface area contributed by atoms with Crippen LogP contribution in [0.15, 0.2) is 181 Å². The lowest BCUT2D eigenvalue weighted by Gasteiger charge is -2.16. The van der Waals surface area contributed by atoms with Crippen LogP contribution in [0.4, 0.5) is 0 Å². The van der Waals surface area contributed by atoms with E-state index >= 15 is 0 Å². The summed E-state index contributed by atoms with van der Waals surface area (Å²) in [5, 5.41) is 9.25. The molecule has 0 saturated carbocycles. The maximum absolute atomic E-state index is 7.18. The zero-order valence-corrected chi connectivity index (χ0v) is 25.9. The molecule has 2 N–H and O–H groups in total. The van der Waals surface area contributed by atoms with Crippen LogP contribution in [0.3, 0.4) is 0 Å². The Balaban J connectivity index is 1.39. The third-order valence-corrected chi connectivity index (χ3v) is 8.97. The SMILES string of the molecule is C=C(C(=N/C(=C(\N)c1ccc2ccccc2c1)c1ccc2ccccc2c1)c1ccc2ccccc2c1)c1ccc2ccccc2c1. The molecule has 2 heteroatoms. The van der Waals surface area contributed by atoms with Crippen LogP contribution in [0.25, 0.3) is 60.1 Å². The second-order valence-electron chi connectivity index (χ2n) is 11.9. The predicted octanol–water partition coefficient (Wildman–Crippen LogP) is 11.3. The van der Waals surface area contributed by atoms with Gasteiger partial charge in [-0.2, -0.15) is 0 Å². The van der Waals surface area contributed by atoms with E-state index in [1.807, 2.05) is 0 Å². The number of benzene rings is 8. The highest BCUT2D eigenvalue weighted by Gasteiger charge is 2.17. The predicted molar refractivity (Wildman–Crippen MR) is 202 cm³/mol. The second kappa shape index (κ2) is 11.9. The first kappa shape index (κ1) is 28.2. The van der Waals surface area contributed by atoms with E-state index in [-0.39, 0.29) is 0 Å². The summed E-state index contributed by atoms with van der Waals surface area (Å²) in [5.41, 5.74) is 14.0. The van der Waals surface area contributed by atoms with Gasteiger partial charge >= 0.3 is 0 Å². The van der Waals surface area contributed by atoms with Gasteiger partial charge in [-0.15, -0.1) is 0 Å². The Labute approximate surface area is 274 Å². The number of nitrogens with two attached hydrogens (primary N) is 1. The molecule has 0 unspecified atom stereocenters. The molecule has 0 fully saturated rings. The lowest BCUT2D eigenvalue weighted by atomic mass is 9.93. The van der Waals surface area contributed by atoms with Crippen molar-refractivity contribution in [3.63, 3.8) is 0 Å². The Morgan fingerprint density at radius 2 is 0.723 bits per heavy atom. The highest BCUT2D eigenvalue weighted by molar-refractivity contribution is 6.33. The molecule has 0 aliphatic heterocycles. The summed E-state index contributed by atoms with van der Waals surface area (Å²) in [6, 6.07) is 59.3. The molecule has 2 nitrogen and oxygen atoms in total. The van der Waals surface area contributed by atoms with Gasteiger partial charge in [-0.25, -0.2) is 4.99 Å². The third kappa shape index (κ3) is 5.47. The molecule has 0 aromatic heterocycles. The Morgan fingerprint density at radius 3 is 1.21 bits per heavy atom. The van der Waals surface area contributed by atoms with Gasteiger partial charge in [0, 0.05) is 22.3 Å². The fourth-order valence-electron chi connectivity index (χ4n) is 6.38. The normalized spacial score (nSPS) is 12.5. The van der Waals surface area contributed by atoms with Crippen molar-refractivity contribution in [2.45, 2.75) is 0 Å². The van der Waals surface area contributed by atoms with Gasteiger partial charge < -0.3 is 5.73 Å². The monoisotopic (exact) mass is 600 g/mol. The van der Waals surface area contributed by atoms with Crippen molar-refractivity contribution in [3.05, 3.63) is 199 Å². The molecule has 0 bridgehead atoms. The number of rotatable bonds is 6. The molecule has 0 aliphatic carbocycles. The lowest BCUT2D eigenvalue weighted by molar-refractivity contribution is 1.45. The molecule has 0 amide bonds. The largest absolute Gasteiger partial charge is 0.396 e. The number of hydrogen-bond donors (Lipinski definition) is 1. The number of aliphatic imine (C=N–C) groups is 1. The maximum Gasteiger partial charge on any atom is 0.0945 e. The molecule has 47 heavy (non-hydrogen) atoms. The summed E-state index contributed by atoms with van der Waals surface area (Å²) >= 11 is 0. The average molecular weight is 601 g/mol. The van der Waals surface area contributed by atoms with Gasteiger partial charge in [0.05, 0.1) is 17.1 Å². The first-order chi connectivity index (χ1) is 23.1. The summed E-state index contributed by atoms with van der Waals surface area (Å²) < 4.78 is 0. The minimum absolute atomic E-state index is 0.607. The minimum atomic E-state index is 0.607. The molecule has 222 valence electrons. The average Bonchev–Trinajstić information content (AvgIpc) is 3.14. The molecule has 8 aromatic carbocycles. The van der Waals surface area contributed by atoms with E-state index in [1.54, 1.807) is 0 Å². The highest BCUT2D eigenvalue weighted by atomic mass is 14.8. The van der Waals surface area contributed by atoms with E-state index < -0.39 is 0 Å². The summed E-state index contributed by atoms with van der Waals surface area (Å²) in [4.78, 5) is 5.51. The van der Waals surface area contributed by atoms with Crippen LogP contribution in [0.1, 0.15) is 22.3 Å². The Kier molecular flexibility index (Phi) is 7.16. The van der Waals surface area contributed by atoms with Crippen molar-refractivity contribution in [2.24, 2.45) is 10.7 Å². The maximum atomic E-state index is 7.18. The summed E-state index contributed by atoms with van der Waals surface area (Å²) in [6.07, 6.45) is 0. The quantitative estimate of drug-likeness (QED) is 0.150. The van der Waals surface area contributed by atoms with E-state index in [2.05, 4.69) is 176 Å². The molecule has 0 heterocycles. The number of allylic oxidation sites excluding steroid dienone is 1. The van der Waals surface area contributed by atoms with Crippen LogP contribution in [0.2, 0.25) is 0 Å². The van der Waals surface area contributed by atoms with Gasteiger partial charge in [-0.05, 0) is 72.9 Å². The smallest absolute Gasteiger partial charge is 0.0945 e. The van der Waals surface area contributed by atoms with Gasteiger partial charge in [-0.1, -0.05) is 152 Å². The molecule has 0 aliphatic rings. The standard InChI is InChI=1S/C45H32N2/c1-30(35-22-18-31-10-2-6-14-36(31)26-35)44(41-24-20-33-12-4-8-16-38(33)28-41)47-45(42-25-21-34-13-5-9-17-39(34)29-42)43(46)40-23-19-32-11-3-7-15-37(32)27-40/h2-29H,1,46H2/b45-43-,47-44?. The Bertz CT molecular complexity index is 2550. The van der Waals surface area contributed by atoms with Crippen molar-refractivity contribution in [3.8, 4) is 0 Å². The number of hydrogen-bond acceptors (Lipinski definition) is 2. The summed E-state index contributed by atoms with van der Waals surface area (Å²) in [7, 11) is 0. The van der Waals surface area contributed by atoms with Gasteiger partial charge in [0.1, 0.15) is 0 Å². The van der Waals surface area contributed by atoms with Crippen LogP contribution in [-0.4, -0.2) is 5.71 Å². The molecular weight excluding hydrogens is 569 g/mol. The second-order valence-corrected chi connectivity index (χ2v) is 11.9.